The first-order valence-electron chi connectivity index (χ1n) is 7.21. The fourth-order valence-corrected chi connectivity index (χ4v) is 2.78. The first kappa shape index (κ1) is 12.1. The van der Waals surface area contributed by atoms with Gasteiger partial charge in [0.2, 0.25) is 0 Å². The summed E-state index contributed by atoms with van der Waals surface area (Å²) in [5.74, 6) is 1.07. The van der Waals surface area contributed by atoms with E-state index in [0.717, 1.165) is 31.4 Å². The maximum atomic E-state index is 4.34. The molecule has 1 N–H and O–H groups in total. The predicted octanol–water partition coefficient (Wildman–Crippen LogP) is 1.01. The van der Waals surface area contributed by atoms with Crippen molar-refractivity contribution < 1.29 is 0 Å². The minimum absolute atomic E-state index is 0.636. The Bertz CT molecular complexity index is 384. The summed E-state index contributed by atoms with van der Waals surface area (Å²) in [6.45, 7) is 6.47. The van der Waals surface area contributed by atoms with Crippen molar-refractivity contribution in [2.24, 2.45) is 0 Å². The Morgan fingerprint density at radius 3 is 3.06 bits per heavy atom. The summed E-state index contributed by atoms with van der Waals surface area (Å²) >= 11 is 0. The molecule has 3 rings (SSSR count). The monoisotopic (exact) mass is 249 g/mol. The zero-order valence-electron chi connectivity index (χ0n) is 11.2. The third kappa shape index (κ3) is 2.72. The number of aryl methyl sites for hydroxylation is 1. The number of hydrogen-bond donors (Lipinski definition) is 1. The number of likely N-dealkylation sites (tertiary alicyclic amines) is 1. The van der Waals surface area contributed by atoms with Crippen molar-refractivity contribution in [2.45, 2.75) is 57.8 Å². The molecule has 1 aromatic heterocycles. The zero-order valence-corrected chi connectivity index (χ0v) is 11.2. The van der Waals surface area contributed by atoms with Crippen molar-refractivity contribution in [3.05, 3.63) is 12.2 Å². The van der Waals surface area contributed by atoms with Gasteiger partial charge in [-0.05, 0) is 25.7 Å². The molecule has 5 heteroatoms. The van der Waals surface area contributed by atoms with Crippen LogP contribution >= 0.6 is 0 Å². The van der Waals surface area contributed by atoms with E-state index in [0.29, 0.717) is 6.04 Å². The summed E-state index contributed by atoms with van der Waals surface area (Å²) in [4.78, 5) is 6.97. The van der Waals surface area contributed by atoms with Gasteiger partial charge in [-0.3, -0.25) is 4.90 Å². The van der Waals surface area contributed by atoms with Crippen LogP contribution in [0.25, 0.3) is 0 Å². The van der Waals surface area contributed by atoms with Gasteiger partial charge in [-0.15, -0.1) is 0 Å². The number of hydrogen-bond acceptors (Lipinski definition) is 4. The summed E-state index contributed by atoms with van der Waals surface area (Å²) in [5.41, 5.74) is 0. The molecule has 1 saturated carbocycles. The number of nitrogens with zero attached hydrogens (tertiary/aromatic N) is 4. The van der Waals surface area contributed by atoms with Crippen LogP contribution in [0.1, 0.15) is 38.4 Å². The van der Waals surface area contributed by atoms with Crippen molar-refractivity contribution in [3.63, 3.8) is 0 Å². The Morgan fingerprint density at radius 1 is 1.39 bits per heavy atom. The van der Waals surface area contributed by atoms with Crippen molar-refractivity contribution in [1.29, 1.82) is 0 Å². The lowest BCUT2D eigenvalue weighted by Gasteiger charge is -2.15. The fourth-order valence-electron chi connectivity index (χ4n) is 2.78. The van der Waals surface area contributed by atoms with Gasteiger partial charge < -0.3 is 5.32 Å². The highest BCUT2D eigenvalue weighted by molar-refractivity contribution is 4.93. The zero-order chi connectivity index (χ0) is 12.4. The Labute approximate surface area is 109 Å². The SMILES string of the molecule is CCCn1ncnc1CNC1CCN(C2CC2)C1. The van der Waals surface area contributed by atoms with Gasteiger partial charge in [0.25, 0.3) is 0 Å². The van der Waals surface area contributed by atoms with Gasteiger partial charge in [-0.1, -0.05) is 6.92 Å². The van der Waals surface area contributed by atoms with Crippen molar-refractivity contribution >= 4 is 0 Å². The molecule has 1 aliphatic carbocycles. The average molecular weight is 249 g/mol. The minimum atomic E-state index is 0.636. The molecule has 1 atom stereocenters. The first-order valence-corrected chi connectivity index (χ1v) is 7.21. The van der Waals surface area contributed by atoms with Gasteiger partial charge in [-0.2, -0.15) is 5.10 Å². The summed E-state index contributed by atoms with van der Waals surface area (Å²) in [5, 5.41) is 7.89. The van der Waals surface area contributed by atoms with Crippen LogP contribution in [0, 0.1) is 0 Å². The summed E-state index contributed by atoms with van der Waals surface area (Å²) < 4.78 is 2.01. The molecule has 0 spiro atoms. The smallest absolute Gasteiger partial charge is 0.140 e. The molecule has 2 aliphatic rings. The van der Waals surface area contributed by atoms with Crippen LogP contribution in [-0.4, -0.2) is 44.8 Å². The van der Waals surface area contributed by atoms with Crippen molar-refractivity contribution in [1.82, 2.24) is 25.0 Å². The van der Waals surface area contributed by atoms with Crippen LogP contribution in [0.2, 0.25) is 0 Å². The lowest BCUT2D eigenvalue weighted by molar-refractivity contribution is 0.316. The normalized spacial score (nSPS) is 24.8. The van der Waals surface area contributed by atoms with Crippen LogP contribution < -0.4 is 5.32 Å². The molecular formula is C13H23N5. The van der Waals surface area contributed by atoms with Crippen LogP contribution in [0.5, 0.6) is 0 Å². The molecule has 2 heterocycles. The average Bonchev–Trinajstić information content (AvgIpc) is 2.96. The van der Waals surface area contributed by atoms with Crippen LogP contribution in [0.15, 0.2) is 6.33 Å². The van der Waals surface area contributed by atoms with Gasteiger partial charge in [0.05, 0.1) is 6.54 Å². The van der Waals surface area contributed by atoms with E-state index in [1.165, 1.54) is 32.4 Å². The standard InChI is InChI=1S/C13H23N5/c1-2-6-18-13(15-10-16-18)8-14-11-5-7-17(9-11)12-3-4-12/h10-12,14H,2-9H2,1H3. The molecule has 0 amide bonds. The molecule has 1 aliphatic heterocycles. The largest absolute Gasteiger partial charge is 0.306 e. The van der Waals surface area contributed by atoms with Gasteiger partial charge >= 0.3 is 0 Å². The Balaban J connectivity index is 1.47. The van der Waals surface area contributed by atoms with Gasteiger partial charge in [-0.25, -0.2) is 9.67 Å². The predicted molar refractivity (Wildman–Crippen MR) is 70.2 cm³/mol. The van der Waals surface area contributed by atoms with Gasteiger partial charge in [0.15, 0.2) is 0 Å². The Kier molecular flexibility index (Phi) is 3.61. The number of aromatic nitrogens is 3. The molecule has 100 valence electrons. The second kappa shape index (κ2) is 5.36. The highest BCUT2D eigenvalue weighted by Gasteiger charge is 2.34. The lowest BCUT2D eigenvalue weighted by Crippen LogP contribution is -2.33. The van der Waals surface area contributed by atoms with Crippen molar-refractivity contribution in [2.75, 3.05) is 13.1 Å². The Hall–Kier alpha value is -0.940. The quantitative estimate of drug-likeness (QED) is 0.817. The lowest BCUT2D eigenvalue weighted by atomic mass is 10.2. The summed E-state index contributed by atoms with van der Waals surface area (Å²) in [6.07, 6.45) is 6.88. The maximum Gasteiger partial charge on any atom is 0.140 e. The molecule has 0 radical (unpaired) electrons. The van der Waals surface area contributed by atoms with E-state index < -0.39 is 0 Å². The van der Waals surface area contributed by atoms with Crippen molar-refractivity contribution in [3.8, 4) is 0 Å². The second-order valence-corrected chi connectivity index (χ2v) is 5.49. The minimum Gasteiger partial charge on any atom is -0.306 e. The van der Waals surface area contributed by atoms with E-state index in [-0.39, 0.29) is 0 Å². The van der Waals surface area contributed by atoms with Crippen LogP contribution in [0.4, 0.5) is 0 Å². The third-order valence-corrected chi connectivity index (χ3v) is 3.96. The molecule has 2 fully saturated rings. The van der Waals surface area contributed by atoms with Crippen LogP contribution in [-0.2, 0) is 13.1 Å². The van der Waals surface area contributed by atoms with E-state index in [4.69, 9.17) is 0 Å². The highest BCUT2D eigenvalue weighted by atomic mass is 15.3. The second-order valence-electron chi connectivity index (χ2n) is 5.49. The molecule has 5 nitrogen and oxygen atoms in total. The number of nitrogens with one attached hydrogen (secondary N) is 1. The molecule has 1 unspecified atom stereocenters. The van der Waals surface area contributed by atoms with E-state index >= 15 is 0 Å². The summed E-state index contributed by atoms with van der Waals surface area (Å²) in [6, 6.07) is 1.54. The third-order valence-electron chi connectivity index (χ3n) is 3.96. The summed E-state index contributed by atoms with van der Waals surface area (Å²) in [7, 11) is 0. The molecule has 18 heavy (non-hydrogen) atoms. The Morgan fingerprint density at radius 2 is 2.28 bits per heavy atom. The first-order chi connectivity index (χ1) is 8.86. The van der Waals surface area contributed by atoms with Gasteiger partial charge in [0, 0.05) is 31.7 Å². The highest BCUT2D eigenvalue weighted by Crippen LogP contribution is 2.29. The molecule has 1 aromatic rings. The van der Waals surface area contributed by atoms with E-state index in [1.807, 2.05) is 4.68 Å². The fraction of sp³-hybridized carbons (Fsp3) is 0.846. The molecule has 0 aromatic carbocycles. The van der Waals surface area contributed by atoms with Crippen LogP contribution in [0.3, 0.4) is 0 Å². The molecular weight excluding hydrogens is 226 g/mol. The van der Waals surface area contributed by atoms with E-state index in [2.05, 4.69) is 27.2 Å². The topological polar surface area (TPSA) is 46.0 Å². The van der Waals surface area contributed by atoms with E-state index in [1.54, 1.807) is 6.33 Å². The molecule has 0 bridgehead atoms. The maximum absolute atomic E-state index is 4.34. The van der Waals surface area contributed by atoms with E-state index in [9.17, 15) is 0 Å². The molecule has 1 saturated heterocycles. The number of rotatable bonds is 6. The van der Waals surface area contributed by atoms with Gasteiger partial charge in [0.1, 0.15) is 12.2 Å².